The predicted octanol–water partition coefficient (Wildman–Crippen LogP) is 3.94. The lowest BCUT2D eigenvalue weighted by Gasteiger charge is -2.29. The van der Waals surface area contributed by atoms with Gasteiger partial charge in [0.25, 0.3) is 0 Å². The van der Waals surface area contributed by atoms with Crippen molar-refractivity contribution in [1.29, 1.82) is 0 Å². The van der Waals surface area contributed by atoms with Gasteiger partial charge in [-0.1, -0.05) is 59.8 Å². The van der Waals surface area contributed by atoms with Crippen molar-refractivity contribution in [2.45, 2.75) is 51.1 Å². The van der Waals surface area contributed by atoms with Crippen molar-refractivity contribution in [3.63, 3.8) is 0 Å². The van der Waals surface area contributed by atoms with Crippen molar-refractivity contribution >= 4 is 11.8 Å². The van der Waals surface area contributed by atoms with Crippen LogP contribution in [0.4, 0.5) is 0 Å². The molecule has 2 aromatic carbocycles. The van der Waals surface area contributed by atoms with E-state index in [1.807, 2.05) is 25.1 Å². The second-order valence-electron chi connectivity index (χ2n) is 8.28. The minimum absolute atomic E-state index is 0.0541. The molecule has 160 valence electrons. The Labute approximate surface area is 182 Å². The van der Waals surface area contributed by atoms with E-state index in [1.165, 1.54) is 5.56 Å². The van der Waals surface area contributed by atoms with Gasteiger partial charge < -0.3 is 15.2 Å². The van der Waals surface area contributed by atoms with Gasteiger partial charge in [-0.2, -0.15) is 0 Å². The fraction of sp³-hybridized carbons (Fsp3) is 0.320. The minimum Gasteiger partial charge on any atom is -0.359 e. The van der Waals surface area contributed by atoms with Crippen LogP contribution in [0.15, 0.2) is 65.2 Å². The highest BCUT2D eigenvalue weighted by atomic mass is 16.5. The third kappa shape index (κ3) is 5.40. The Morgan fingerprint density at radius 3 is 2.52 bits per heavy atom. The quantitative estimate of drug-likeness (QED) is 0.581. The van der Waals surface area contributed by atoms with Crippen LogP contribution in [0.5, 0.6) is 0 Å². The van der Waals surface area contributed by atoms with Crippen LogP contribution in [0.3, 0.4) is 0 Å². The Kier molecular flexibility index (Phi) is 6.16. The highest BCUT2D eigenvalue weighted by molar-refractivity contribution is 5.80. The van der Waals surface area contributed by atoms with Gasteiger partial charge in [0.15, 0.2) is 5.76 Å². The lowest BCUT2D eigenvalue weighted by Crippen LogP contribution is -2.44. The molecule has 0 radical (unpaired) electrons. The zero-order valence-corrected chi connectivity index (χ0v) is 17.7. The second kappa shape index (κ2) is 9.16. The number of hydrogen-bond donors (Lipinski definition) is 2. The topological polar surface area (TPSA) is 84.2 Å². The third-order valence-corrected chi connectivity index (χ3v) is 5.81. The summed E-state index contributed by atoms with van der Waals surface area (Å²) in [5.74, 6) is 0.626. The number of hydrogen-bond acceptors (Lipinski definition) is 4. The number of carbonyl (C=O) groups is 2. The molecule has 6 heteroatoms. The Morgan fingerprint density at radius 2 is 1.87 bits per heavy atom. The van der Waals surface area contributed by atoms with E-state index in [2.05, 4.69) is 52.2 Å². The summed E-state index contributed by atoms with van der Waals surface area (Å²) in [5, 5.41) is 9.84. The number of nitrogens with one attached hydrogen (secondary N) is 2. The van der Waals surface area contributed by atoms with E-state index in [-0.39, 0.29) is 17.4 Å². The van der Waals surface area contributed by atoms with Crippen LogP contribution in [0, 0.1) is 6.92 Å². The summed E-state index contributed by atoms with van der Waals surface area (Å²) in [7, 11) is 0. The summed E-state index contributed by atoms with van der Waals surface area (Å²) in [6.45, 7) is 2.16. The van der Waals surface area contributed by atoms with Crippen LogP contribution >= 0.6 is 0 Å². The summed E-state index contributed by atoms with van der Waals surface area (Å²) < 4.78 is 5.13. The molecule has 0 bridgehead atoms. The van der Waals surface area contributed by atoms with Crippen LogP contribution in [-0.4, -0.2) is 22.5 Å². The smallest absolute Gasteiger partial charge is 0.220 e. The molecular formula is C25H27N3O3. The number of benzene rings is 2. The van der Waals surface area contributed by atoms with Gasteiger partial charge in [0, 0.05) is 24.4 Å². The molecule has 2 heterocycles. The molecule has 1 aromatic heterocycles. The molecule has 1 saturated heterocycles. The van der Waals surface area contributed by atoms with E-state index in [9.17, 15) is 9.59 Å². The predicted molar refractivity (Wildman–Crippen MR) is 118 cm³/mol. The maximum absolute atomic E-state index is 12.4. The van der Waals surface area contributed by atoms with E-state index >= 15 is 0 Å². The van der Waals surface area contributed by atoms with Gasteiger partial charge in [-0.25, -0.2) is 0 Å². The monoisotopic (exact) mass is 417 g/mol. The van der Waals surface area contributed by atoms with Gasteiger partial charge in [0.2, 0.25) is 11.8 Å². The van der Waals surface area contributed by atoms with E-state index < -0.39 is 0 Å². The van der Waals surface area contributed by atoms with Gasteiger partial charge in [0.1, 0.15) is 0 Å². The lowest BCUT2D eigenvalue weighted by molar-refractivity contribution is -0.123. The SMILES string of the molecule is Cc1cc(CNC(=O)CCC2(Cc3ccc(-c4ccccc4)cc3)CCC(=O)N2)on1. The molecule has 31 heavy (non-hydrogen) atoms. The molecule has 0 aliphatic carbocycles. The summed E-state index contributed by atoms with van der Waals surface area (Å²) in [4.78, 5) is 24.4. The van der Waals surface area contributed by atoms with Crippen LogP contribution in [0.2, 0.25) is 0 Å². The average Bonchev–Trinajstić information content (AvgIpc) is 3.37. The third-order valence-electron chi connectivity index (χ3n) is 5.81. The van der Waals surface area contributed by atoms with E-state index in [0.29, 0.717) is 38.0 Å². The first-order chi connectivity index (χ1) is 15.0. The van der Waals surface area contributed by atoms with Crippen LogP contribution < -0.4 is 10.6 Å². The lowest BCUT2D eigenvalue weighted by atomic mass is 9.84. The summed E-state index contributed by atoms with van der Waals surface area (Å²) in [5.41, 5.74) is 3.90. The fourth-order valence-corrected chi connectivity index (χ4v) is 4.14. The van der Waals surface area contributed by atoms with Crippen molar-refractivity contribution < 1.29 is 14.1 Å². The Morgan fingerprint density at radius 1 is 1.13 bits per heavy atom. The molecule has 1 aliphatic rings. The fourth-order valence-electron chi connectivity index (χ4n) is 4.14. The van der Waals surface area contributed by atoms with E-state index in [4.69, 9.17) is 4.52 Å². The van der Waals surface area contributed by atoms with Gasteiger partial charge in [-0.3, -0.25) is 9.59 Å². The number of aryl methyl sites for hydroxylation is 1. The molecule has 1 atom stereocenters. The van der Waals surface area contributed by atoms with Crippen molar-refractivity contribution in [2.75, 3.05) is 0 Å². The molecule has 2 N–H and O–H groups in total. The zero-order chi connectivity index (χ0) is 21.7. The van der Waals surface area contributed by atoms with Crippen molar-refractivity contribution in [2.24, 2.45) is 0 Å². The van der Waals surface area contributed by atoms with Crippen LogP contribution in [0.1, 0.15) is 42.7 Å². The Balaban J connectivity index is 1.37. The van der Waals surface area contributed by atoms with Gasteiger partial charge in [-0.05, 0) is 42.9 Å². The molecule has 1 fully saturated rings. The molecular weight excluding hydrogens is 390 g/mol. The number of nitrogens with zero attached hydrogens (tertiary/aromatic N) is 1. The zero-order valence-electron chi connectivity index (χ0n) is 17.7. The van der Waals surface area contributed by atoms with Gasteiger partial charge in [0.05, 0.1) is 12.2 Å². The number of carbonyl (C=O) groups excluding carboxylic acids is 2. The number of aromatic nitrogens is 1. The summed E-state index contributed by atoms with van der Waals surface area (Å²) >= 11 is 0. The van der Waals surface area contributed by atoms with Gasteiger partial charge in [-0.15, -0.1) is 0 Å². The number of rotatable bonds is 8. The van der Waals surface area contributed by atoms with Crippen LogP contribution in [-0.2, 0) is 22.6 Å². The first-order valence-electron chi connectivity index (χ1n) is 10.7. The normalized spacial score (nSPS) is 18.0. The molecule has 1 aliphatic heterocycles. The van der Waals surface area contributed by atoms with Crippen molar-refractivity contribution in [3.8, 4) is 11.1 Å². The van der Waals surface area contributed by atoms with Crippen molar-refractivity contribution in [3.05, 3.63) is 77.7 Å². The molecule has 0 saturated carbocycles. The van der Waals surface area contributed by atoms with Crippen LogP contribution in [0.25, 0.3) is 11.1 Å². The summed E-state index contributed by atoms with van der Waals surface area (Å²) in [6, 6.07) is 20.5. The second-order valence-corrected chi connectivity index (χ2v) is 8.28. The maximum Gasteiger partial charge on any atom is 0.220 e. The average molecular weight is 418 g/mol. The summed E-state index contributed by atoms with van der Waals surface area (Å²) in [6.07, 6.45) is 2.89. The molecule has 3 aromatic rings. The minimum atomic E-state index is -0.383. The standard InChI is InChI=1S/C25H27N3O3/c1-18-15-22(31-28-18)17-26-23(29)11-13-25(14-12-24(30)27-25)16-19-7-9-21(10-8-19)20-5-3-2-4-6-20/h2-10,15H,11-14,16-17H2,1H3,(H,26,29)(H,27,30). The molecule has 4 rings (SSSR count). The van der Waals surface area contributed by atoms with Gasteiger partial charge >= 0.3 is 0 Å². The maximum atomic E-state index is 12.4. The highest BCUT2D eigenvalue weighted by Gasteiger charge is 2.37. The first kappa shape index (κ1) is 20.8. The van der Waals surface area contributed by atoms with E-state index in [0.717, 1.165) is 23.2 Å². The molecule has 1 unspecified atom stereocenters. The Hall–Kier alpha value is -3.41. The molecule has 0 spiro atoms. The molecule has 2 amide bonds. The van der Waals surface area contributed by atoms with Crippen molar-refractivity contribution in [1.82, 2.24) is 15.8 Å². The van der Waals surface area contributed by atoms with E-state index in [1.54, 1.807) is 6.07 Å². The Bertz CT molecular complexity index is 1040. The first-order valence-corrected chi connectivity index (χ1v) is 10.7. The molecule has 6 nitrogen and oxygen atoms in total. The largest absolute Gasteiger partial charge is 0.359 e. The highest BCUT2D eigenvalue weighted by Crippen LogP contribution is 2.30. The number of amides is 2.